The SMILES string of the molecule is O=S(=O)(NCCc1ccc2nc[nH]c2c1)c1ccccc1. The molecule has 0 radical (unpaired) electrons. The Hall–Kier alpha value is -2.18. The molecule has 1 heterocycles. The van der Waals surface area contributed by atoms with Crippen LogP contribution in [0.4, 0.5) is 0 Å². The van der Waals surface area contributed by atoms with Crippen molar-refractivity contribution < 1.29 is 8.42 Å². The van der Waals surface area contributed by atoms with Crippen LogP contribution in [-0.4, -0.2) is 24.9 Å². The summed E-state index contributed by atoms with van der Waals surface area (Å²) in [5, 5.41) is 0. The minimum atomic E-state index is -3.43. The van der Waals surface area contributed by atoms with E-state index in [1.54, 1.807) is 36.7 Å². The first kappa shape index (κ1) is 13.8. The van der Waals surface area contributed by atoms with Gasteiger partial charge in [0.1, 0.15) is 0 Å². The topological polar surface area (TPSA) is 74.8 Å². The highest BCUT2D eigenvalue weighted by Gasteiger charge is 2.12. The van der Waals surface area contributed by atoms with Crippen molar-refractivity contribution in [2.24, 2.45) is 0 Å². The Balaban J connectivity index is 1.65. The number of nitrogens with zero attached hydrogens (tertiary/aromatic N) is 1. The van der Waals surface area contributed by atoms with E-state index in [-0.39, 0.29) is 4.90 Å². The molecule has 2 N–H and O–H groups in total. The van der Waals surface area contributed by atoms with E-state index < -0.39 is 10.0 Å². The average Bonchev–Trinajstić information content (AvgIpc) is 2.95. The Bertz CT molecular complexity index is 841. The van der Waals surface area contributed by atoms with Gasteiger partial charge < -0.3 is 4.98 Å². The maximum Gasteiger partial charge on any atom is 0.240 e. The van der Waals surface area contributed by atoms with Gasteiger partial charge in [-0.25, -0.2) is 18.1 Å². The zero-order valence-electron chi connectivity index (χ0n) is 11.3. The monoisotopic (exact) mass is 301 g/mol. The van der Waals surface area contributed by atoms with Gasteiger partial charge >= 0.3 is 0 Å². The molecule has 3 rings (SSSR count). The number of benzene rings is 2. The van der Waals surface area contributed by atoms with E-state index in [1.807, 2.05) is 18.2 Å². The van der Waals surface area contributed by atoms with Crippen molar-refractivity contribution >= 4 is 21.1 Å². The van der Waals surface area contributed by atoms with Crippen LogP contribution in [0.5, 0.6) is 0 Å². The summed E-state index contributed by atoms with van der Waals surface area (Å²) in [5.41, 5.74) is 2.92. The Labute approximate surface area is 123 Å². The first-order valence-corrected chi connectivity index (χ1v) is 8.10. The van der Waals surface area contributed by atoms with Crippen LogP contribution in [0.2, 0.25) is 0 Å². The first-order chi connectivity index (χ1) is 10.1. The van der Waals surface area contributed by atoms with Crippen LogP contribution in [-0.2, 0) is 16.4 Å². The largest absolute Gasteiger partial charge is 0.345 e. The van der Waals surface area contributed by atoms with Crippen molar-refractivity contribution in [2.75, 3.05) is 6.54 Å². The van der Waals surface area contributed by atoms with E-state index >= 15 is 0 Å². The van der Waals surface area contributed by atoms with Crippen LogP contribution >= 0.6 is 0 Å². The fraction of sp³-hybridized carbons (Fsp3) is 0.133. The zero-order chi connectivity index (χ0) is 14.7. The van der Waals surface area contributed by atoms with E-state index in [0.29, 0.717) is 13.0 Å². The van der Waals surface area contributed by atoms with Gasteiger partial charge in [0.25, 0.3) is 0 Å². The summed E-state index contributed by atoms with van der Waals surface area (Å²) in [7, 11) is -3.43. The molecular formula is C15H15N3O2S. The lowest BCUT2D eigenvalue weighted by Gasteiger charge is -2.06. The lowest BCUT2D eigenvalue weighted by Crippen LogP contribution is -2.25. The summed E-state index contributed by atoms with van der Waals surface area (Å²) >= 11 is 0. The normalized spacial score (nSPS) is 11.8. The lowest BCUT2D eigenvalue weighted by molar-refractivity contribution is 0.581. The molecule has 0 atom stereocenters. The van der Waals surface area contributed by atoms with Crippen molar-refractivity contribution in [1.82, 2.24) is 14.7 Å². The van der Waals surface area contributed by atoms with Gasteiger partial charge in [-0.1, -0.05) is 24.3 Å². The van der Waals surface area contributed by atoms with Crippen molar-refractivity contribution in [1.29, 1.82) is 0 Å². The second-order valence-electron chi connectivity index (χ2n) is 4.71. The number of sulfonamides is 1. The highest BCUT2D eigenvalue weighted by atomic mass is 32.2. The number of H-pyrrole nitrogens is 1. The van der Waals surface area contributed by atoms with E-state index in [4.69, 9.17) is 0 Å². The van der Waals surface area contributed by atoms with Crippen LogP contribution in [0.25, 0.3) is 11.0 Å². The predicted molar refractivity (Wildman–Crippen MR) is 81.4 cm³/mol. The Morgan fingerprint density at radius 2 is 1.90 bits per heavy atom. The van der Waals surface area contributed by atoms with Crippen LogP contribution in [0.3, 0.4) is 0 Å². The molecule has 0 bridgehead atoms. The quantitative estimate of drug-likeness (QED) is 0.757. The molecule has 0 aliphatic carbocycles. The van der Waals surface area contributed by atoms with E-state index in [2.05, 4.69) is 14.7 Å². The summed E-state index contributed by atoms with van der Waals surface area (Å²) in [6.45, 7) is 0.358. The summed E-state index contributed by atoms with van der Waals surface area (Å²) in [6, 6.07) is 14.2. The first-order valence-electron chi connectivity index (χ1n) is 6.62. The van der Waals surface area contributed by atoms with Gasteiger partial charge in [0.2, 0.25) is 10.0 Å². The number of hydrogen-bond donors (Lipinski definition) is 2. The molecule has 3 aromatic rings. The van der Waals surface area contributed by atoms with E-state index in [9.17, 15) is 8.42 Å². The van der Waals surface area contributed by atoms with E-state index in [0.717, 1.165) is 16.6 Å². The number of fused-ring (bicyclic) bond motifs is 1. The van der Waals surface area contributed by atoms with Gasteiger partial charge in [0, 0.05) is 6.54 Å². The number of hydrogen-bond acceptors (Lipinski definition) is 3. The van der Waals surface area contributed by atoms with Gasteiger partial charge in [0.15, 0.2) is 0 Å². The number of aromatic amines is 1. The lowest BCUT2D eigenvalue weighted by atomic mass is 10.1. The molecule has 2 aromatic carbocycles. The third-order valence-corrected chi connectivity index (χ3v) is 4.72. The summed E-state index contributed by atoms with van der Waals surface area (Å²) in [6.07, 6.45) is 2.27. The molecular weight excluding hydrogens is 286 g/mol. The second-order valence-corrected chi connectivity index (χ2v) is 6.48. The van der Waals surface area contributed by atoms with Gasteiger partial charge in [-0.15, -0.1) is 0 Å². The maximum absolute atomic E-state index is 12.1. The third-order valence-electron chi connectivity index (χ3n) is 3.24. The Kier molecular flexibility index (Phi) is 3.72. The number of rotatable bonds is 5. The van der Waals surface area contributed by atoms with Gasteiger partial charge in [-0.05, 0) is 36.2 Å². The van der Waals surface area contributed by atoms with Crippen molar-refractivity contribution in [3.63, 3.8) is 0 Å². The molecule has 6 heteroatoms. The average molecular weight is 301 g/mol. The zero-order valence-corrected chi connectivity index (χ0v) is 12.1. The van der Waals surface area contributed by atoms with Crippen LogP contribution in [0, 0.1) is 0 Å². The highest BCUT2D eigenvalue weighted by molar-refractivity contribution is 7.89. The Morgan fingerprint density at radius 3 is 2.71 bits per heavy atom. The van der Waals surface area contributed by atoms with Gasteiger partial charge in [-0.3, -0.25) is 0 Å². The standard InChI is InChI=1S/C15H15N3O2S/c19-21(20,13-4-2-1-3-5-13)18-9-8-12-6-7-14-15(10-12)17-11-16-14/h1-7,10-11,18H,8-9H2,(H,16,17). The fourth-order valence-corrected chi connectivity index (χ4v) is 3.20. The second kappa shape index (κ2) is 5.67. The number of nitrogens with one attached hydrogen (secondary N) is 2. The molecule has 0 fully saturated rings. The van der Waals surface area contributed by atoms with Gasteiger partial charge in [0.05, 0.1) is 22.3 Å². The van der Waals surface area contributed by atoms with Crippen LogP contribution in [0.1, 0.15) is 5.56 Å². The molecule has 0 saturated heterocycles. The highest BCUT2D eigenvalue weighted by Crippen LogP contribution is 2.12. The number of aromatic nitrogens is 2. The van der Waals surface area contributed by atoms with Crippen molar-refractivity contribution in [3.05, 3.63) is 60.4 Å². The fourth-order valence-electron chi connectivity index (χ4n) is 2.15. The molecule has 0 aliphatic rings. The minimum Gasteiger partial charge on any atom is -0.345 e. The molecule has 108 valence electrons. The number of imidazole rings is 1. The summed E-state index contributed by atoms with van der Waals surface area (Å²) in [4.78, 5) is 7.48. The molecule has 5 nitrogen and oxygen atoms in total. The summed E-state index contributed by atoms with van der Waals surface area (Å²) < 4.78 is 26.7. The maximum atomic E-state index is 12.1. The van der Waals surface area contributed by atoms with Crippen molar-refractivity contribution in [2.45, 2.75) is 11.3 Å². The Morgan fingerprint density at radius 1 is 1.10 bits per heavy atom. The third kappa shape index (κ3) is 3.12. The minimum absolute atomic E-state index is 0.286. The van der Waals surface area contributed by atoms with Crippen LogP contribution in [0.15, 0.2) is 59.8 Å². The van der Waals surface area contributed by atoms with Crippen LogP contribution < -0.4 is 4.72 Å². The molecule has 0 spiro atoms. The molecule has 0 aliphatic heterocycles. The molecule has 0 saturated carbocycles. The van der Waals surface area contributed by atoms with E-state index in [1.165, 1.54) is 0 Å². The molecule has 0 amide bonds. The molecule has 0 unspecified atom stereocenters. The molecule has 1 aromatic heterocycles. The van der Waals surface area contributed by atoms with Crippen molar-refractivity contribution in [3.8, 4) is 0 Å². The smallest absolute Gasteiger partial charge is 0.240 e. The predicted octanol–water partition coefficient (Wildman–Crippen LogP) is 2.08. The summed E-state index contributed by atoms with van der Waals surface area (Å²) in [5.74, 6) is 0. The molecule has 21 heavy (non-hydrogen) atoms. The van der Waals surface area contributed by atoms with Gasteiger partial charge in [-0.2, -0.15) is 0 Å².